The molecule has 0 fully saturated rings. The Morgan fingerprint density at radius 3 is 2.52 bits per heavy atom. The number of hydrogen-bond donors (Lipinski definition) is 1. The first kappa shape index (κ1) is 19.8. The predicted octanol–water partition coefficient (Wildman–Crippen LogP) is 7.78. The van der Waals surface area contributed by atoms with Gasteiger partial charge in [-0.05, 0) is 60.7 Å². The number of amides is 1. The molecule has 3 aromatic carbocycles. The van der Waals surface area contributed by atoms with Crippen LogP contribution in [0, 0.1) is 0 Å². The van der Waals surface area contributed by atoms with Gasteiger partial charge in [0.05, 0.1) is 20.3 Å². The molecular weight excluding hydrogens is 451 g/mol. The zero-order valence-electron chi connectivity index (χ0n) is 15.9. The van der Waals surface area contributed by atoms with Crippen LogP contribution in [0.15, 0.2) is 83.3 Å². The lowest BCUT2D eigenvalue weighted by Crippen LogP contribution is -2.10. The van der Waals surface area contributed by atoms with E-state index in [4.69, 9.17) is 27.6 Å². The van der Waals surface area contributed by atoms with Gasteiger partial charge in [0.15, 0.2) is 5.76 Å². The Bertz CT molecular complexity index is 1370. The van der Waals surface area contributed by atoms with Gasteiger partial charge in [-0.15, -0.1) is 11.3 Å². The maximum absolute atomic E-state index is 12.6. The third-order valence-corrected chi connectivity index (χ3v) is 6.63. The topological polar surface area (TPSA) is 55.1 Å². The number of fused-ring (bicyclic) bond motifs is 1. The SMILES string of the molecule is O=C(Nc1ccc(-c2nc3ccccc3s2)cc1)c1ccc(-c2cccc(Cl)c2Cl)o1. The third-order valence-electron chi connectivity index (χ3n) is 4.73. The zero-order chi connectivity index (χ0) is 21.4. The molecule has 4 nitrogen and oxygen atoms in total. The molecule has 1 amide bonds. The number of furan rings is 1. The van der Waals surface area contributed by atoms with Crippen LogP contribution in [0.4, 0.5) is 5.69 Å². The zero-order valence-corrected chi connectivity index (χ0v) is 18.3. The van der Waals surface area contributed by atoms with E-state index < -0.39 is 0 Å². The Labute approximate surface area is 192 Å². The lowest BCUT2D eigenvalue weighted by Gasteiger charge is -2.05. The molecular formula is C24H14Cl2N2O2S. The number of aromatic nitrogens is 1. The third kappa shape index (κ3) is 3.95. The second kappa shape index (κ2) is 8.19. The van der Waals surface area contributed by atoms with Gasteiger partial charge in [0.1, 0.15) is 10.8 Å². The predicted molar refractivity (Wildman–Crippen MR) is 127 cm³/mol. The summed E-state index contributed by atoms with van der Waals surface area (Å²) >= 11 is 13.9. The number of rotatable bonds is 4. The minimum atomic E-state index is -0.350. The molecule has 0 saturated heterocycles. The van der Waals surface area contributed by atoms with Crippen molar-refractivity contribution in [2.75, 3.05) is 5.32 Å². The van der Waals surface area contributed by atoms with Crippen molar-refractivity contribution in [1.82, 2.24) is 4.98 Å². The lowest BCUT2D eigenvalue weighted by molar-refractivity contribution is 0.0997. The molecule has 0 spiro atoms. The number of halogens is 2. The molecule has 0 unspecified atom stereocenters. The van der Waals surface area contributed by atoms with Gasteiger partial charge in [-0.3, -0.25) is 4.79 Å². The van der Waals surface area contributed by atoms with E-state index in [1.807, 2.05) is 42.5 Å². The summed E-state index contributed by atoms with van der Waals surface area (Å²) in [5.74, 6) is 0.308. The van der Waals surface area contributed by atoms with E-state index in [2.05, 4.69) is 16.4 Å². The molecule has 0 saturated carbocycles. The summed E-state index contributed by atoms with van der Waals surface area (Å²) in [5.41, 5.74) is 3.27. The average molecular weight is 465 g/mol. The number of nitrogens with one attached hydrogen (secondary N) is 1. The maximum atomic E-state index is 12.6. The largest absolute Gasteiger partial charge is 0.451 e. The number of anilines is 1. The van der Waals surface area contributed by atoms with Gasteiger partial charge in [0, 0.05) is 16.8 Å². The molecule has 0 bridgehead atoms. The highest BCUT2D eigenvalue weighted by Crippen LogP contribution is 2.34. The van der Waals surface area contributed by atoms with E-state index in [0.717, 1.165) is 20.8 Å². The van der Waals surface area contributed by atoms with Gasteiger partial charge in [-0.25, -0.2) is 4.98 Å². The van der Waals surface area contributed by atoms with E-state index in [9.17, 15) is 4.79 Å². The molecule has 0 aliphatic rings. The molecule has 0 atom stereocenters. The summed E-state index contributed by atoms with van der Waals surface area (Å²) < 4.78 is 6.84. The smallest absolute Gasteiger partial charge is 0.291 e. The van der Waals surface area contributed by atoms with Gasteiger partial charge in [0.25, 0.3) is 5.91 Å². The van der Waals surface area contributed by atoms with Gasteiger partial charge in [0.2, 0.25) is 0 Å². The highest BCUT2D eigenvalue weighted by atomic mass is 35.5. The van der Waals surface area contributed by atoms with Gasteiger partial charge in [-0.2, -0.15) is 0 Å². The van der Waals surface area contributed by atoms with Crippen LogP contribution in [0.5, 0.6) is 0 Å². The molecule has 0 radical (unpaired) electrons. The molecule has 31 heavy (non-hydrogen) atoms. The fourth-order valence-electron chi connectivity index (χ4n) is 3.18. The Balaban J connectivity index is 1.33. The van der Waals surface area contributed by atoms with Crippen molar-refractivity contribution < 1.29 is 9.21 Å². The van der Waals surface area contributed by atoms with Crippen molar-refractivity contribution >= 4 is 56.3 Å². The van der Waals surface area contributed by atoms with E-state index in [1.165, 1.54) is 0 Å². The molecule has 7 heteroatoms. The van der Waals surface area contributed by atoms with Gasteiger partial charge in [-0.1, -0.05) is 41.4 Å². The van der Waals surface area contributed by atoms with E-state index in [0.29, 0.717) is 27.1 Å². The van der Waals surface area contributed by atoms with Crippen LogP contribution in [-0.4, -0.2) is 10.9 Å². The number of benzene rings is 3. The minimum absolute atomic E-state index is 0.182. The second-order valence-corrected chi connectivity index (χ2v) is 8.60. The van der Waals surface area contributed by atoms with Crippen LogP contribution in [0.25, 0.3) is 32.1 Å². The first-order chi connectivity index (χ1) is 15.1. The summed E-state index contributed by atoms with van der Waals surface area (Å²) in [4.78, 5) is 17.3. The summed E-state index contributed by atoms with van der Waals surface area (Å²) in [6.45, 7) is 0. The van der Waals surface area contributed by atoms with Gasteiger partial charge < -0.3 is 9.73 Å². The van der Waals surface area contributed by atoms with Crippen molar-refractivity contribution in [3.8, 4) is 21.9 Å². The molecule has 0 aliphatic heterocycles. The summed E-state index contributed by atoms with van der Waals surface area (Å²) in [5, 5.41) is 4.59. The quantitative estimate of drug-likeness (QED) is 0.295. The van der Waals surface area contributed by atoms with E-state index in [-0.39, 0.29) is 11.7 Å². The van der Waals surface area contributed by atoms with Crippen LogP contribution in [0.3, 0.4) is 0 Å². The van der Waals surface area contributed by atoms with Crippen molar-refractivity contribution in [3.63, 3.8) is 0 Å². The Kier molecular flexibility index (Phi) is 5.24. The molecule has 152 valence electrons. The van der Waals surface area contributed by atoms with E-state index in [1.54, 1.807) is 41.7 Å². The maximum Gasteiger partial charge on any atom is 0.291 e. The Hall–Kier alpha value is -3.12. The fraction of sp³-hybridized carbons (Fsp3) is 0. The van der Waals surface area contributed by atoms with Crippen LogP contribution >= 0.6 is 34.5 Å². The van der Waals surface area contributed by atoms with Crippen LogP contribution in [0.1, 0.15) is 10.6 Å². The number of hydrogen-bond acceptors (Lipinski definition) is 4. The van der Waals surface area contributed by atoms with E-state index >= 15 is 0 Å². The summed E-state index contributed by atoms with van der Waals surface area (Å²) in [7, 11) is 0. The summed E-state index contributed by atoms with van der Waals surface area (Å²) in [6.07, 6.45) is 0. The van der Waals surface area contributed by atoms with Crippen LogP contribution in [-0.2, 0) is 0 Å². The van der Waals surface area contributed by atoms with Gasteiger partial charge >= 0.3 is 0 Å². The van der Waals surface area contributed by atoms with Crippen molar-refractivity contribution in [3.05, 3.63) is 94.7 Å². The fourth-order valence-corrected chi connectivity index (χ4v) is 4.55. The second-order valence-electron chi connectivity index (χ2n) is 6.78. The highest BCUT2D eigenvalue weighted by Gasteiger charge is 2.15. The van der Waals surface area contributed by atoms with Crippen molar-refractivity contribution in [2.45, 2.75) is 0 Å². The summed E-state index contributed by atoms with van der Waals surface area (Å²) in [6, 6.07) is 24.2. The average Bonchev–Trinajstić information content (AvgIpc) is 3.43. The molecule has 5 rings (SSSR count). The molecule has 1 N–H and O–H groups in total. The number of para-hydroxylation sites is 1. The van der Waals surface area contributed by atoms with Crippen LogP contribution in [0.2, 0.25) is 10.0 Å². The molecule has 0 aliphatic carbocycles. The highest BCUT2D eigenvalue weighted by molar-refractivity contribution is 7.21. The minimum Gasteiger partial charge on any atom is -0.451 e. The monoisotopic (exact) mass is 464 g/mol. The lowest BCUT2D eigenvalue weighted by atomic mass is 10.2. The van der Waals surface area contributed by atoms with Crippen molar-refractivity contribution in [2.24, 2.45) is 0 Å². The molecule has 5 aromatic rings. The number of carbonyl (C=O) groups is 1. The first-order valence-corrected chi connectivity index (χ1v) is 11.0. The van der Waals surface area contributed by atoms with Crippen LogP contribution < -0.4 is 5.32 Å². The standard InChI is InChI=1S/C24H14Cl2N2O2S/c25-17-5-3-4-16(22(17)26)19-12-13-20(30-19)23(29)27-15-10-8-14(9-11-15)24-28-18-6-1-2-7-21(18)31-24/h1-13H,(H,27,29). The number of thiazole rings is 1. The normalized spacial score (nSPS) is 11.0. The Morgan fingerprint density at radius 1 is 0.903 bits per heavy atom. The Morgan fingerprint density at radius 2 is 1.71 bits per heavy atom. The number of nitrogens with zero attached hydrogens (tertiary/aromatic N) is 1. The van der Waals surface area contributed by atoms with Crippen molar-refractivity contribution in [1.29, 1.82) is 0 Å². The molecule has 2 aromatic heterocycles. The first-order valence-electron chi connectivity index (χ1n) is 9.40. The molecule has 2 heterocycles. The number of carbonyl (C=O) groups excluding carboxylic acids is 1.